The van der Waals surface area contributed by atoms with Gasteiger partial charge in [-0.3, -0.25) is 9.69 Å². The van der Waals surface area contributed by atoms with Crippen LogP contribution in [0.5, 0.6) is 0 Å². The van der Waals surface area contributed by atoms with Crippen molar-refractivity contribution in [2.45, 2.75) is 71.5 Å². The summed E-state index contributed by atoms with van der Waals surface area (Å²) in [5, 5.41) is 5.71. The second-order valence-electron chi connectivity index (χ2n) is 9.76. The molecule has 0 aliphatic carbocycles. The minimum absolute atomic E-state index is 0.0193. The summed E-state index contributed by atoms with van der Waals surface area (Å²) < 4.78 is 0. The van der Waals surface area contributed by atoms with Crippen molar-refractivity contribution < 1.29 is 9.59 Å². The number of aryl methyl sites for hydroxylation is 1. The fourth-order valence-electron chi connectivity index (χ4n) is 4.47. The van der Waals surface area contributed by atoms with Crippen molar-refractivity contribution in [2.75, 3.05) is 6.54 Å². The van der Waals surface area contributed by atoms with Crippen LogP contribution in [0.1, 0.15) is 63.1 Å². The van der Waals surface area contributed by atoms with Crippen LogP contribution in [0.2, 0.25) is 0 Å². The lowest BCUT2D eigenvalue weighted by Gasteiger charge is -2.28. The molecule has 1 atom stereocenters. The minimum atomic E-state index is -0.816. The Kier molecular flexibility index (Phi) is 9.29. The number of unbranched alkanes of at least 4 members (excludes halogenated alkanes) is 1. The highest BCUT2D eigenvalue weighted by atomic mass is 16.2. The summed E-state index contributed by atoms with van der Waals surface area (Å²) in [4.78, 5) is 31.8. The molecule has 0 saturated heterocycles. The third-order valence-corrected chi connectivity index (χ3v) is 6.30. The monoisotopic (exact) mass is 477 g/mol. The molecule has 7 heteroatoms. The molecule has 0 bridgehead atoms. The molecule has 0 radical (unpaired) electrons. The summed E-state index contributed by atoms with van der Waals surface area (Å²) in [6.07, 6.45) is 4.09. The number of rotatable bonds is 12. The molecular weight excluding hydrogens is 438 g/mol. The van der Waals surface area contributed by atoms with E-state index in [-0.39, 0.29) is 11.9 Å². The average molecular weight is 478 g/mol. The van der Waals surface area contributed by atoms with Crippen LogP contribution >= 0.6 is 0 Å². The molecule has 0 fully saturated rings. The fraction of sp³-hybridized carbons (Fsp3) is 0.464. The Morgan fingerprint density at radius 1 is 1.03 bits per heavy atom. The van der Waals surface area contributed by atoms with E-state index in [0.717, 1.165) is 30.4 Å². The summed E-state index contributed by atoms with van der Waals surface area (Å²) in [5.41, 5.74) is 8.64. The first-order valence-electron chi connectivity index (χ1n) is 12.6. The summed E-state index contributed by atoms with van der Waals surface area (Å²) in [5.74, 6) is 0.588. The number of hydrogen-bond donors (Lipinski definition) is 3. The Bertz CT molecular complexity index is 1000. The molecule has 1 aliphatic rings. The number of carbonyl (C=O) groups is 2. The molecule has 1 aliphatic heterocycles. The Morgan fingerprint density at radius 2 is 1.71 bits per heavy atom. The molecule has 2 aromatic rings. The number of hydrogen-bond acceptors (Lipinski definition) is 4. The van der Waals surface area contributed by atoms with Crippen LogP contribution in [0.15, 0.2) is 59.6 Å². The number of carbonyl (C=O) groups excluding carboxylic acids is 2. The van der Waals surface area contributed by atoms with Gasteiger partial charge in [-0.25, -0.2) is 9.79 Å². The number of nitrogens with two attached hydrogens (primary N) is 1. The van der Waals surface area contributed by atoms with Crippen molar-refractivity contribution >= 4 is 17.9 Å². The number of aliphatic imine (C=N–C) groups is 1. The van der Waals surface area contributed by atoms with Crippen LogP contribution in [0.25, 0.3) is 0 Å². The van der Waals surface area contributed by atoms with Gasteiger partial charge < -0.3 is 16.4 Å². The Hall–Kier alpha value is -3.35. The molecule has 1 unspecified atom stereocenters. The third-order valence-electron chi connectivity index (χ3n) is 6.30. The maximum atomic E-state index is 13.6. The predicted molar refractivity (Wildman–Crippen MR) is 141 cm³/mol. The number of benzene rings is 2. The second-order valence-corrected chi connectivity index (χ2v) is 9.76. The van der Waals surface area contributed by atoms with Gasteiger partial charge in [0.25, 0.3) is 5.91 Å². The van der Waals surface area contributed by atoms with E-state index < -0.39 is 5.54 Å². The molecule has 7 nitrogen and oxygen atoms in total. The summed E-state index contributed by atoms with van der Waals surface area (Å²) >= 11 is 0. The molecule has 188 valence electrons. The minimum Gasteiger partial charge on any atom is -0.369 e. The van der Waals surface area contributed by atoms with Crippen LogP contribution in [-0.4, -0.2) is 34.9 Å². The first kappa shape index (κ1) is 26.3. The maximum Gasteiger partial charge on any atom is 0.315 e. The molecule has 35 heavy (non-hydrogen) atoms. The van der Waals surface area contributed by atoms with Gasteiger partial charge >= 0.3 is 6.03 Å². The highest BCUT2D eigenvalue weighted by Gasteiger charge is 2.47. The van der Waals surface area contributed by atoms with Crippen LogP contribution in [0.4, 0.5) is 4.79 Å². The van der Waals surface area contributed by atoms with E-state index in [4.69, 9.17) is 10.7 Å². The van der Waals surface area contributed by atoms with E-state index in [0.29, 0.717) is 44.4 Å². The second kappa shape index (κ2) is 12.4. The van der Waals surface area contributed by atoms with Gasteiger partial charge in [0.15, 0.2) is 5.96 Å². The highest BCUT2D eigenvalue weighted by Crippen LogP contribution is 2.34. The lowest BCUT2D eigenvalue weighted by molar-refractivity contribution is -0.132. The first-order chi connectivity index (χ1) is 16.8. The highest BCUT2D eigenvalue weighted by molar-refractivity contribution is 6.06. The largest absolute Gasteiger partial charge is 0.369 e. The number of amides is 3. The van der Waals surface area contributed by atoms with Crippen LogP contribution < -0.4 is 16.4 Å². The molecule has 3 rings (SSSR count). The van der Waals surface area contributed by atoms with Gasteiger partial charge in [0.1, 0.15) is 5.54 Å². The van der Waals surface area contributed by atoms with E-state index in [1.807, 2.05) is 42.5 Å². The summed E-state index contributed by atoms with van der Waals surface area (Å²) in [6, 6.07) is 17.9. The molecular formula is C28H39N5O2. The maximum absolute atomic E-state index is 13.6. The van der Waals surface area contributed by atoms with Crippen molar-refractivity contribution in [3.05, 3.63) is 71.3 Å². The van der Waals surface area contributed by atoms with Crippen molar-refractivity contribution in [3.8, 4) is 0 Å². The van der Waals surface area contributed by atoms with Gasteiger partial charge in [-0.15, -0.1) is 0 Å². The van der Waals surface area contributed by atoms with E-state index in [9.17, 15) is 9.59 Å². The fourth-order valence-corrected chi connectivity index (χ4v) is 4.47. The van der Waals surface area contributed by atoms with Crippen LogP contribution in [-0.2, 0) is 24.3 Å². The van der Waals surface area contributed by atoms with Crippen molar-refractivity contribution in [2.24, 2.45) is 16.6 Å². The molecule has 2 aromatic carbocycles. The standard InChI is InChI=1S/C28H39N5O2/c1-4-5-17-30-27(35)31-19-23-11-13-24(14-12-23)20-33-25(34)28(18-21(2)3,32-26(33)29)16-15-22-9-7-6-8-10-22/h6-14,21H,4-5,15-20H2,1-3H3,(H2,29,32)(H2,30,31,35). The van der Waals surface area contributed by atoms with Crippen molar-refractivity contribution in [1.29, 1.82) is 0 Å². The summed E-state index contributed by atoms with van der Waals surface area (Å²) in [7, 11) is 0. The SMILES string of the molecule is CCCCNC(=O)NCc1ccc(CN2C(=O)C(CCc3ccccc3)(CC(C)C)N=C2N)cc1. The summed E-state index contributed by atoms with van der Waals surface area (Å²) in [6.45, 7) is 7.82. The Morgan fingerprint density at radius 3 is 2.37 bits per heavy atom. The zero-order chi connectivity index (χ0) is 25.3. The Labute approximate surface area is 209 Å². The van der Waals surface area contributed by atoms with Gasteiger partial charge in [-0.2, -0.15) is 0 Å². The van der Waals surface area contributed by atoms with Gasteiger partial charge in [-0.05, 0) is 48.3 Å². The number of nitrogens with zero attached hydrogens (tertiary/aromatic N) is 2. The number of nitrogens with one attached hydrogen (secondary N) is 2. The van der Waals surface area contributed by atoms with Gasteiger partial charge in [-0.1, -0.05) is 81.8 Å². The van der Waals surface area contributed by atoms with Crippen molar-refractivity contribution in [3.63, 3.8) is 0 Å². The quantitative estimate of drug-likeness (QED) is 0.396. The topological polar surface area (TPSA) is 99.8 Å². The average Bonchev–Trinajstić information content (AvgIpc) is 3.07. The third kappa shape index (κ3) is 7.31. The predicted octanol–water partition coefficient (Wildman–Crippen LogP) is 4.36. The van der Waals surface area contributed by atoms with Gasteiger partial charge in [0.05, 0.1) is 6.54 Å². The first-order valence-corrected chi connectivity index (χ1v) is 12.6. The molecule has 4 N–H and O–H groups in total. The zero-order valence-corrected chi connectivity index (χ0v) is 21.2. The van der Waals surface area contributed by atoms with Gasteiger partial charge in [0.2, 0.25) is 0 Å². The van der Waals surface area contributed by atoms with Crippen molar-refractivity contribution in [1.82, 2.24) is 15.5 Å². The van der Waals surface area contributed by atoms with E-state index >= 15 is 0 Å². The Balaban J connectivity index is 1.62. The van der Waals surface area contributed by atoms with E-state index in [1.54, 1.807) is 4.90 Å². The number of urea groups is 1. The molecule has 0 saturated carbocycles. The van der Waals surface area contributed by atoms with Crippen LogP contribution in [0, 0.1) is 5.92 Å². The lowest BCUT2D eigenvalue weighted by Crippen LogP contribution is -2.44. The molecule has 3 amide bonds. The lowest BCUT2D eigenvalue weighted by atomic mass is 9.83. The molecule has 1 heterocycles. The molecule has 0 aromatic heterocycles. The van der Waals surface area contributed by atoms with E-state index in [1.165, 1.54) is 5.56 Å². The van der Waals surface area contributed by atoms with E-state index in [2.05, 4.69) is 43.5 Å². The van der Waals surface area contributed by atoms with Gasteiger partial charge in [0, 0.05) is 13.1 Å². The smallest absolute Gasteiger partial charge is 0.315 e. The normalized spacial score (nSPS) is 17.5. The number of guanidine groups is 1. The van der Waals surface area contributed by atoms with Crippen LogP contribution in [0.3, 0.4) is 0 Å². The molecule has 0 spiro atoms. The zero-order valence-electron chi connectivity index (χ0n) is 21.2.